The molecule has 0 aliphatic carbocycles. The lowest BCUT2D eigenvalue weighted by Crippen LogP contribution is -2.39. The molecule has 2 N–H and O–H groups in total. The summed E-state index contributed by atoms with van der Waals surface area (Å²) in [5, 5.41) is 0. The van der Waals surface area contributed by atoms with Gasteiger partial charge in [0.1, 0.15) is 10.8 Å². The number of nitrogens with two attached hydrogens (primary N) is 1. The molecule has 8 heteroatoms. The van der Waals surface area contributed by atoms with Gasteiger partial charge in [0.15, 0.2) is 0 Å². The minimum Gasteiger partial charge on any atom is -0.389 e. The summed E-state index contributed by atoms with van der Waals surface area (Å²) in [5.41, 5.74) is 5.54. The van der Waals surface area contributed by atoms with E-state index in [0.717, 1.165) is 12.1 Å². The summed E-state index contributed by atoms with van der Waals surface area (Å²) in [7, 11) is -4.00. The van der Waals surface area contributed by atoms with Crippen molar-refractivity contribution in [2.45, 2.75) is 6.92 Å². The van der Waals surface area contributed by atoms with Crippen molar-refractivity contribution in [2.24, 2.45) is 5.73 Å². The van der Waals surface area contributed by atoms with Gasteiger partial charge in [-0.05, 0) is 31.2 Å². The molecule has 2 rings (SSSR count). The number of hydrogen-bond donors (Lipinski definition) is 1. The molecule has 5 nitrogen and oxygen atoms in total. The third-order valence-corrected chi connectivity index (χ3v) is 5.09. The second kappa shape index (κ2) is 7.06. The average molecular weight is 365 g/mol. The molecule has 0 aliphatic rings. The molecule has 0 saturated carbocycles. The maximum Gasteiger partial charge on any atom is 0.272 e. The maximum absolute atomic E-state index is 13.4. The van der Waals surface area contributed by atoms with Crippen LogP contribution in [0.3, 0.4) is 0 Å². The van der Waals surface area contributed by atoms with Crippen LogP contribution in [0.15, 0.2) is 42.5 Å². The van der Waals surface area contributed by atoms with Gasteiger partial charge in [-0.2, -0.15) is 0 Å². The van der Waals surface area contributed by atoms with Crippen LogP contribution in [0.1, 0.15) is 22.8 Å². The van der Waals surface area contributed by atoms with Gasteiger partial charge in [0, 0.05) is 17.2 Å². The zero-order valence-electron chi connectivity index (χ0n) is 12.7. The van der Waals surface area contributed by atoms with Gasteiger partial charge in [-0.25, -0.2) is 17.1 Å². The minimum atomic E-state index is -4.00. The molecule has 0 heterocycles. The number of rotatable bonds is 5. The van der Waals surface area contributed by atoms with E-state index >= 15 is 0 Å². The van der Waals surface area contributed by atoms with E-state index in [4.69, 9.17) is 18.0 Å². The van der Waals surface area contributed by atoms with Crippen molar-refractivity contribution in [1.29, 1.82) is 0 Å². The standard InChI is InChI=1S/C16H14FN2O3S2/c1-2-24(21,22)19(16(20)11-6-4-3-5-7-11)14-9-8-12(17)10-13(14)15(18)23/h3-7,9-10H,2H2,1H3,(H2,18,23). The summed E-state index contributed by atoms with van der Waals surface area (Å²) in [6, 6.07) is 12.1. The van der Waals surface area contributed by atoms with Crippen molar-refractivity contribution < 1.29 is 17.6 Å². The van der Waals surface area contributed by atoms with Crippen molar-refractivity contribution in [3.63, 3.8) is 0 Å². The summed E-state index contributed by atoms with van der Waals surface area (Å²) in [6.45, 7) is 1.40. The normalized spacial score (nSPS) is 11.1. The Kier molecular flexibility index (Phi) is 5.30. The van der Waals surface area contributed by atoms with Gasteiger partial charge >= 0.3 is 0 Å². The van der Waals surface area contributed by atoms with Gasteiger partial charge in [-0.1, -0.05) is 30.4 Å². The van der Waals surface area contributed by atoms with E-state index in [9.17, 15) is 17.6 Å². The number of carbonyl (C=O) groups excluding carboxylic acids is 1. The van der Waals surface area contributed by atoms with Gasteiger partial charge in [-0.15, -0.1) is 0 Å². The fourth-order valence-electron chi connectivity index (χ4n) is 2.04. The quantitative estimate of drug-likeness (QED) is 0.822. The monoisotopic (exact) mass is 365 g/mol. The number of nitrogens with zero attached hydrogens (tertiary/aromatic N) is 1. The number of benzene rings is 2. The van der Waals surface area contributed by atoms with E-state index in [-0.39, 0.29) is 27.6 Å². The first-order valence-corrected chi connectivity index (χ1v) is 8.93. The van der Waals surface area contributed by atoms with Crippen molar-refractivity contribution in [3.8, 4) is 0 Å². The lowest BCUT2D eigenvalue weighted by Gasteiger charge is -2.24. The van der Waals surface area contributed by atoms with Gasteiger partial charge < -0.3 is 5.73 Å². The average Bonchev–Trinajstić information content (AvgIpc) is 2.56. The fourth-order valence-corrected chi connectivity index (χ4v) is 3.27. The smallest absolute Gasteiger partial charge is 0.272 e. The van der Waals surface area contributed by atoms with Crippen LogP contribution in [0.2, 0.25) is 0 Å². The lowest BCUT2D eigenvalue weighted by atomic mass is 10.1. The molecule has 1 amide bonds. The van der Waals surface area contributed by atoms with Crippen LogP contribution >= 0.6 is 12.2 Å². The molecule has 2 aromatic carbocycles. The van der Waals surface area contributed by atoms with Crippen LogP contribution in [0.5, 0.6) is 0 Å². The maximum atomic E-state index is 13.4. The van der Waals surface area contributed by atoms with Crippen LogP contribution in [0.25, 0.3) is 0 Å². The van der Waals surface area contributed by atoms with Gasteiger partial charge in [0.25, 0.3) is 5.91 Å². The second-order valence-electron chi connectivity index (χ2n) is 4.78. The highest BCUT2D eigenvalue weighted by Gasteiger charge is 2.31. The molecule has 0 saturated heterocycles. The second-order valence-corrected chi connectivity index (χ2v) is 7.33. The highest BCUT2D eigenvalue weighted by atomic mass is 32.2. The first-order valence-electron chi connectivity index (χ1n) is 6.91. The largest absolute Gasteiger partial charge is 0.389 e. The van der Waals surface area contributed by atoms with Crippen molar-refractivity contribution >= 4 is 38.8 Å². The van der Waals surface area contributed by atoms with E-state index in [1.54, 1.807) is 18.2 Å². The number of hydrogen-bond acceptors (Lipinski definition) is 4. The van der Waals surface area contributed by atoms with E-state index in [1.165, 1.54) is 19.1 Å². The molecule has 0 fully saturated rings. The first kappa shape index (κ1) is 18.0. The molecule has 0 aliphatic heterocycles. The van der Waals surface area contributed by atoms with Gasteiger partial charge in [0.2, 0.25) is 10.0 Å². The Balaban J connectivity index is 2.70. The zero-order chi connectivity index (χ0) is 17.9. The third kappa shape index (κ3) is 3.60. The van der Waals surface area contributed by atoms with Crippen LogP contribution in [-0.4, -0.2) is 25.1 Å². The Morgan fingerprint density at radius 3 is 2.50 bits per heavy atom. The molecule has 24 heavy (non-hydrogen) atoms. The molecule has 0 atom stereocenters. The molecule has 0 bridgehead atoms. The summed E-state index contributed by atoms with van der Waals surface area (Å²) in [4.78, 5) is 12.5. The highest BCUT2D eigenvalue weighted by molar-refractivity contribution is 7.93. The number of thiocarbonyl (C=S) groups is 1. The summed E-state index contributed by atoms with van der Waals surface area (Å²) in [6.07, 6.45) is 0. The number of amides is 1. The van der Waals surface area contributed by atoms with Crippen molar-refractivity contribution in [2.75, 3.05) is 10.1 Å². The topological polar surface area (TPSA) is 80.5 Å². The van der Waals surface area contributed by atoms with Crippen molar-refractivity contribution in [3.05, 3.63) is 65.5 Å². The molecule has 2 aromatic rings. The van der Waals surface area contributed by atoms with Gasteiger partial charge in [0.05, 0.1) is 11.4 Å². The predicted molar refractivity (Wildman–Crippen MR) is 93.8 cm³/mol. The zero-order valence-corrected chi connectivity index (χ0v) is 14.3. The molecule has 125 valence electrons. The van der Waals surface area contributed by atoms with Crippen LogP contribution in [0, 0.1) is 11.9 Å². The fraction of sp³-hybridized carbons (Fsp3) is 0.125. The van der Waals surface area contributed by atoms with Crippen LogP contribution in [0.4, 0.5) is 10.1 Å². The van der Waals surface area contributed by atoms with E-state index in [0.29, 0.717) is 4.31 Å². The molecular formula is C16H14FN2O3S2. The first-order chi connectivity index (χ1) is 11.3. The van der Waals surface area contributed by atoms with E-state index < -0.39 is 21.7 Å². The predicted octanol–water partition coefficient (Wildman–Crippen LogP) is 2.26. The Labute approximate surface area is 144 Å². The summed E-state index contributed by atoms with van der Waals surface area (Å²) < 4.78 is 39.0. The molecule has 0 unspecified atom stereocenters. The molecule has 0 aromatic heterocycles. The van der Waals surface area contributed by atoms with Crippen LogP contribution in [-0.2, 0) is 10.0 Å². The number of anilines is 1. The molecule has 0 spiro atoms. The minimum absolute atomic E-state index is 0.0532. The molecular weight excluding hydrogens is 351 g/mol. The molecule has 1 radical (unpaired) electrons. The Hall–Kier alpha value is -2.32. The number of sulfonamides is 1. The van der Waals surface area contributed by atoms with E-state index in [1.807, 2.05) is 0 Å². The van der Waals surface area contributed by atoms with Gasteiger partial charge in [-0.3, -0.25) is 4.79 Å². The summed E-state index contributed by atoms with van der Waals surface area (Å²) >= 11 is 4.86. The highest BCUT2D eigenvalue weighted by Crippen LogP contribution is 2.26. The number of carbonyl (C=O) groups is 1. The lowest BCUT2D eigenvalue weighted by molar-refractivity contribution is 0.101. The van der Waals surface area contributed by atoms with E-state index in [2.05, 4.69) is 6.07 Å². The Bertz CT molecular complexity index is 883. The van der Waals surface area contributed by atoms with Crippen LogP contribution < -0.4 is 10.0 Å². The van der Waals surface area contributed by atoms with Crippen molar-refractivity contribution in [1.82, 2.24) is 0 Å². The Morgan fingerprint density at radius 2 is 1.96 bits per heavy atom. The number of halogens is 1. The SMILES string of the molecule is CCS(=O)(=O)N(C(=O)c1ccccc1)c1c[c]c(F)cc1C(N)=S. The third-order valence-electron chi connectivity index (χ3n) is 3.23. The Morgan fingerprint density at radius 1 is 1.33 bits per heavy atom. The summed E-state index contributed by atoms with van der Waals surface area (Å²) in [5.74, 6) is -1.88.